The average molecular weight is 243 g/mol. The normalized spacial score (nSPS) is 17.2. The van der Waals surface area contributed by atoms with E-state index in [0.29, 0.717) is 17.5 Å². The molecule has 0 radical (unpaired) electrons. The molecule has 5 heteroatoms. The van der Waals surface area contributed by atoms with Crippen molar-refractivity contribution in [2.75, 3.05) is 20.6 Å². The zero-order valence-corrected chi connectivity index (χ0v) is 11.1. The summed E-state index contributed by atoms with van der Waals surface area (Å²) in [5, 5.41) is 0. The van der Waals surface area contributed by atoms with Gasteiger partial charge in [-0.25, -0.2) is 0 Å². The maximum Gasteiger partial charge on any atom is 0.239 e. The van der Waals surface area contributed by atoms with Crippen molar-refractivity contribution in [2.24, 2.45) is 5.73 Å². The Morgan fingerprint density at radius 2 is 2.06 bits per heavy atom. The van der Waals surface area contributed by atoms with Crippen molar-refractivity contribution in [1.82, 2.24) is 9.80 Å². The first-order valence-corrected chi connectivity index (χ1v) is 6.09. The average Bonchev–Trinajstić information content (AvgIpc) is 3.00. The SMILES string of the molecule is CC(C(=O)N(C)C)N(CCC(N)=S)C1CC1. The number of carbonyl (C=O) groups is 1. The molecule has 1 saturated carbocycles. The van der Waals surface area contributed by atoms with Gasteiger partial charge < -0.3 is 10.6 Å². The second-order valence-corrected chi connectivity index (χ2v) is 5.12. The van der Waals surface area contributed by atoms with Crippen molar-refractivity contribution < 1.29 is 4.79 Å². The lowest BCUT2D eigenvalue weighted by Gasteiger charge is -2.29. The Hall–Kier alpha value is -0.680. The van der Waals surface area contributed by atoms with Crippen LogP contribution >= 0.6 is 12.2 Å². The third-order valence-electron chi connectivity index (χ3n) is 2.93. The van der Waals surface area contributed by atoms with Crippen molar-refractivity contribution >= 4 is 23.1 Å². The molecule has 1 amide bonds. The molecule has 1 unspecified atom stereocenters. The van der Waals surface area contributed by atoms with Crippen LogP contribution in [0.5, 0.6) is 0 Å². The maximum atomic E-state index is 11.9. The number of carbonyl (C=O) groups excluding carboxylic acids is 1. The topological polar surface area (TPSA) is 49.6 Å². The summed E-state index contributed by atoms with van der Waals surface area (Å²) < 4.78 is 0. The van der Waals surface area contributed by atoms with Crippen LogP contribution in [0, 0.1) is 0 Å². The fourth-order valence-corrected chi connectivity index (χ4v) is 1.94. The standard InChI is InChI=1S/C11H21N3OS/c1-8(11(15)13(2)3)14(9-4-5-9)7-6-10(12)16/h8-9H,4-7H2,1-3H3,(H2,12,16). The number of nitrogens with zero attached hydrogens (tertiary/aromatic N) is 2. The third kappa shape index (κ3) is 3.72. The zero-order valence-electron chi connectivity index (χ0n) is 10.3. The molecule has 0 aliphatic heterocycles. The lowest BCUT2D eigenvalue weighted by atomic mass is 10.2. The predicted molar refractivity (Wildman–Crippen MR) is 69.3 cm³/mol. The van der Waals surface area contributed by atoms with E-state index in [9.17, 15) is 4.79 Å². The summed E-state index contributed by atoms with van der Waals surface area (Å²) in [6, 6.07) is 0.477. The van der Waals surface area contributed by atoms with Gasteiger partial charge in [-0.3, -0.25) is 9.69 Å². The highest BCUT2D eigenvalue weighted by molar-refractivity contribution is 7.80. The maximum absolute atomic E-state index is 11.9. The Balaban J connectivity index is 2.55. The van der Waals surface area contributed by atoms with E-state index in [1.807, 2.05) is 6.92 Å². The summed E-state index contributed by atoms with van der Waals surface area (Å²) in [6.45, 7) is 2.75. The molecule has 1 fully saturated rings. The minimum absolute atomic E-state index is 0.0724. The summed E-state index contributed by atoms with van der Waals surface area (Å²) in [5.41, 5.74) is 5.51. The molecule has 0 aromatic heterocycles. The van der Waals surface area contributed by atoms with Gasteiger partial charge in [0.25, 0.3) is 0 Å². The highest BCUT2D eigenvalue weighted by Crippen LogP contribution is 2.29. The number of rotatable bonds is 6. The Morgan fingerprint density at radius 3 is 2.44 bits per heavy atom. The molecule has 1 atom stereocenters. The monoisotopic (exact) mass is 243 g/mol. The molecule has 0 aromatic carbocycles. The molecule has 1 aliphatic rings. The fourth-order valence-electron chi connectivity index (χ4n) is 1.85. The van der Waals surface area contributed by atoms with Gasteiger partial charge in [0.05, 0.1) is 11.0 Å². The van der Waals surface area contributed by atoms with Gasteiger partial charge >= 0.3 is 0 Å². The number of hydrogen-bond donors (Lipinski definition) is 1. The third-order valence-corrected chi connectivity index (χ3v) is 3.13. The predicted octanol–water partition coefficient (Wildman–Crippen LogP) is 0.604. The van der Waals surface area contributed by atoms with E-state index in [0.717, 1.165) is 6.54 Å². The van der Waals surface area contributed by atoms with Crippen LogP contribution in [0.15, 0.2) is 0 Å². The molecule has 16 heavy (non-hydrogen) atoms. The van der Waals surface area contributed by atoms with Gasteiger partial charge in [-0.05, 0) is 19.8 Å². The van der Waals surface area contributed by atoms with Crippen molar-refractivity contribution in [3.05, 3.63) is 0 Å². The van der Waals surface area contributed by atoms with E-state index in [1.54, 1.807) is 19.0 Å². The highest BCUT2D eigenvalue weighted by Gasteiger charge is 2.35. The molecular weight excluding hydrogens is 222 g/mol. The molecular formula is C11H21N3OS. The van der Waals surface area contributed by atoms with Crippen LogP contribution in [0.3, 0.4) is 0 Å². The highest BCUT2D eigenvalue weighted by atomic mass is 32.1. The molecule has 1 aliphatic carbocycles. The van der Waals surface area contributed by atoms with Crippen LogP contribution in [-0.4, -0.2) is 53.4 Å². The summed E-state index contributed by atoms with van der Waals surface area (Å²) in [4.78, 5) is 16.3. The van der Waals surface area contributed by atoms with E-state index in [2.05, 4.69) is 4.90 Å². The van der Waals surface area contributed by atoms with E-state index in [4.69, 9.17) is 18.0 Å². The van der Waals surface area contributed by atoms with E-state index in [1.165, 1.54) is 12.8 Å². The molecule has 0 saturated heterocycles. The first-order chi connectivity index (χ1) is 7.43. The summed E-state index contributed by atoms with van der Waals surface area (Å²) >= 11 is 4.88. The molecule has 0 bridgehead atoms. The van der Waals surface area contributed by atoms with Crippen molar-refractivity contribution in [2.45, 2.75) is 38.3 Å². The smallest absolute Gasteiger partial charge is 0.239 e. The van der Waals surface area contributed by atoms with Gasteiger partial charge in [0.1, 0.15) is 0 Å². The second-order valence-electron chi connectivity index (χ2n) is 4.59. The summed E-state index contributed by atoms with van der Waals surface area (Å²) in [7, 11) is 3.58. The van der Waals surface area contributed by atoms with Crippen molar-refractivity contribution in [1.29, 1.82) is 0 Å². The van der Waals surface area contributed by atoms with Crippen LogP contribution < -0.4 is 5.73 Å². The number of hydrogen-bond acceptors (Lipinski definition) is 3. The number of thiocarbonyl (C=S) groups is 1. The van der Waals surface area contributed by atoms with Crippen LogP contribution in [0.4, 0.5) is 0 Å². The first kappa shape index (κ1) is 13.4. The second kappa shape index (κ2) is 5.59. The largest absolute Gasteiger partial charge is 0.393 e. The van der Waals surface area contributed by atoms with Gasteiger partial charge in [0.2, 0.25) is 5.91 Å². The summed E-state index contributed by atoms with van der Waals surface area (Å²) in [6.07, 6.45) is 3.06. The van der Waals surface area contributed by atoms with Crippen LogP contribution in [0.2, 0.25) is 0 Å². The van der Waals surface area contributed by atoms with Gasteiger partial charge in [0.15, 0.2) is 0 Å². The molecule has 0 heterocycles. The minimum atomic E-state index is -0.0724. The number of likely N-dealkylation sites (N-methyl/N-ethyl adjacent to an activating group) is 1. The minimum Gasteiger partial charge on any atom is -0.393 e. The molecule has 0 spiro atoms. The number of nitrogens with two attached hydrogens (primary N) is 1. The van der Waals surface area contributed by atoms with E-state index in [-0.39, 0.29) is 11.9 Å². The molecule has 4 nitrogen and oxygen atoms in total. The summed E-state index contributed by atoms with van der Waals surface area (Å²) in [5.74, 6) is 0.148. The molecule has 1 rings (SSSR count). The Labute approximate surface area is 103 Å². The Bertz CT molecular complexity index is 276. The van der Waals surface area contributed by atoms with E-state index >= 15 is 0 Å². The lowest BCUT2D eigenvalue weighted by molar-refractivity contribution is -0.134. The number of amides is 1. The zero-order chi connectivity index (χ0) is 12.3. The van der Waals surface area contributed by atoms with Crippen LogP contribution in [0.1, 0.15) is 26.2 Å². The van der Waals surface area contributed by atoms with Gasteiger partial charge in [-0.2, -0.15) is 0 Å². The lowest BCUT2D eigenvalue weighted by Crippen LogP contribution is -2.46. The van der Waals surface area contributed by atoms with Crippen LogP contribution in [-0.2, 0) is 4.79 Å². The quantitative estimate of drug-likeness (QED) is 0.694. The van der Waals surface area contributed by atoms with Crippen molar-refractivity contribution in [3.8, 4) is 0 Å². The first-order valence-electron chi connectivity index (χ1n) is 5.68. The van der Waals surface area contributed by atoms with Gasteiger partial charge in [-0.15, -0.1) is 0 Å². The van der Waals surface area contributed by atoms with E-state index < -0.39 is 0 Å². The molecule has 0 aromatic rings. The fraction of sp³-hybridized carbons (Fsp3) is 0.818. The molecule has 92 valence electrons. The van der Waals surface area contributed by atoms with Crippen LogP contribution in [0.25, 0.3) is 0 Å². The Kier molecular flexibility index (Phi) is 4.68. The Morgan fingerprint density at radius 1 is 1.50 bits per heavy atom. The van der Waals surface area contributed by atoms with Gasteiger partial charge in [-0.1, -0.05) is 12.2 Å². The van der Waals surface area contributed by atoms with Gasteiger partial charge in [0, 0.05) is 33.1 Å². The van der Waals surface area contributed by atoms with Crippen molar-refractivity contribution in [3.63, 3.8) is 0 Å². The molecule has 2 N–H and O–H groups in total.